The van der Waals surface area contributed by atoms with Crippen molar-refractivity contribution >= 4 is 11.8 Å². The Morgan fingerprint density at radius 2 is 1.90 bits per heavy atom. The lowest BCUT2D eigenvalue weighted by atomic mass is 9.69. The first-order valence-electron chi connectivity index (χ1n) is 11.9. The standard InChI is InChI=1S/C26H39N3O2/c1-20(2)15-17-28-25(31)23-13-10-18-29(23)24(30)14-8-9-16-26(19-27,21(3)4)22-11-6-5-7-12-22/h5-7,11-12,20-21,23H,8-10,13-18H2,1-4H3,(H,28,31)/t23-,26+/m1/s1. The van der Waals surface area contributed by atoms with Gasteiger partial charge in [-0.05, 0) is 49.5 Å². The maximum Gasteiger partial charge on any atom is 0.242 e. The second-order valence-electron chi connectivity index (χ2n) is 9.53. The van der Waals surface area contributed by atoms with E-state index in [1.54, 1.807) is 4.90 Å². The minimum Gasteiger partial charge on any atom is -0.354 e. The molecule has 2 atom stereocenters. The Morgan fingerprint density at radius 3 is 2.52 bits per heavy atom. The van der Waals surface area contributed by atoms with Crippen molar-refractivity contribution in [2.24, 2.45) is 11.8 Å². The van der Waals surface area contributed by atoms with Crippen LogP contribution in [-0.4, -0.2) is 35.8 Å². The molecule has 1 aliphatic heterocycles. The van der Waals surface area contributed by atoms with E-state index >= 15 is 0 Å². The van der Waals surface area contributed by atoms with Gasteiger partial charge in [-0.2, -0.15) is 5.26 Å². The van der Waals surface area contributed by atoms with Crippen molar-refractivity contribution in [3.63, 3.8) is 0 Å². The third-order valence-electron chi connectivity index (χ3n) is 6.58. The summed E-state index contributed by atoms with van der Waals surface area (Å²) in [6, 6.07) is 12.2. The molecule has 1 fully saturated rings. The molecule has 1 N–H and O–H groups in total. The average Bonchev–Trinajstić information content (AvgIpc) is 3.24. The van der Waals surface area contributed by atoms with Crippen LogP contribution in [0.4, 0.5) is 0 Å². The summed E-state index contributed by atoms with van der Waals surface area (Å²) in [5.74, 6) is 0.782. The van der Waals surface area contributed by atoms with E-state index < -0.39 is 5.41 Å². The molecule has 0 aromatic heterocycles. The fourth-order valence-electron chi connectivity index (χ4n) is 4.51. The van der Waals surface area contributed by atoms with E-state index in [9.17, 15) is 14.9 Å². The average molecular weight is 426 g/mol. The molecule has 0 bridgehead atoms. The molecule has 5 heteroatoms. The van der Waals surface area contributed by atoms with Crippen LogP contribution in [0.2, 0.25) is 0 Å². The molecule has 2 rings (SSSR count). The van der Waals surface area contributed by atoms with E-state index in [-0.39, 0.29) is 23.8 Å². The van der Waals surface area contributed by atoms with Crippen LogP contribution in [0.1, 0.15) is 78.2 Å². The van der Waals surface area contributed by atoms with Gasteiger partial charge in [0, 0.05) is 19.5 Å². The molecule has 170 valence electrons. The summed E-state index contributed by atoms with van der Waals surface area (Å²) in [5.41, 5.74) is 0.521. The van der Waals surface area contributed by atoms with Crippen LogP contribution in [0.15, 0.2) is 30.3 Å². The number of likely N-dealkylation sites (tertiary alicyclic amines) is 1. The molecule has 0 radical (unpaired) electrons. The molecule has 0 unspecified atom stereocenters. The largest absolute Gasteiger partial charge is 0.354 e. The smallest absolute Gasteiger partial charge is 0.242 e. The molecular weight excluding hydrogens is 386 g/mol. The third kappa shape index (κ3) is 6.56. The lowest BCUT2D eigenvalue weighted by Crippen LogP contribution is -2.46. The van der Waals surface area contributed by atoms with Gasteiger partial charge in [-0.25, -0.2) is 0 Å². The fraction of sp³-hybridized carbons (Fsp3) is 0.654. The Morgan fingerprint density at radius 1 is 1.19 bits per heavy atom. The topological polar surface area (TPSA) is 73.2 Å². The van der Waals surface area contributed by atoms with Gasteiger partial charge >= 0.3 is 0 Å². The third-order valence-corrected chi connectivity index (χ3v) is 6.58. The lowest BCUT2D eigenvalue weighted by Gasteiger charge is -2.31. The molecule has 1 saturated heterocycles. The second kappa shape index (κ2) is 11.9. The molecular formula is C26H39N3O2. The molecule has 5 nitrogen and oxygen atoms in total. The highest BCUT2D eigenvalue weighted by Crippen LogP contribution is 2.37. The van der Waals surface area contributed by atoms with E-state index in [1.165, 1.54) is 0 Å². The highest BCUT2D eigenvalue weighted by Gasteiger charge is 2.36. The summed E-state index contributed by atoms with van der Waals surface area (Å²) >= 11 is 0. The number of carbonyl (C=O) groups excluding carboxylic acids is 2. The van der Waals surface area contributed by atoms with Crippen molar-refractivity contribution in [2.75, 3.05) is 13.1 Å². The maximum atomic E-state index is 12.8. The minimum atomic E-state index is -0.531. The molecule has 31 heavy (non-hydrogen) atoms. The zero-order chi connectivity index (χ0) is 22.9. The Bertz CT molecular complexity index is 754. The number of carbonyl (C=O) groups is 2. The number of benzene rings is 1. The first-order chi connectivity index (χ1) is 14.8. The molecule has 0 spiro atoms. The monoisotopic (exact) mass is 425 g/mol. The first kappa shape index (κ1) is 24.9. The molecule has 1 aromatic carbocycles. The predicted molar refractivity (Wildman–Crippen MR) is 124 cm³/mol. The maximum absolute atomic E-state index is 12.8. The van der Waals surface area contributed by atoms with Crippen LogP contribution < -0.4 is 5.32 Å². The van der Waals surface area contributed by atoms with Crippen LogP contribution in [0.3, 0.4) is 0 Å². The molecule has 1 heterocycles. The molecule has 0 saturated carbocycles. The zero-order valence-electron chi connectivity index (χ0n) is 19.7. The van der Waals surface area contributed by atoms with Gasteiger partial charge in [-0.15, -0.1) is 0 Å². The minimum absolute atomic E-state index is 0.0149. The molecule has 1 aliphatic rings. The summed E-state index contributed by atoms with van der Waals surface area (Å²) in [4.78, 5) is 27.1. The number of nitrogens with zero attached hydrogens (tertiary/aromatic N) is 2. The Labute approximate surface area is 188 Å². The van der Waals surface area contributed by atoms with Gasteiger partial charge in [0.15, 0.2) is 0 Å². The van der Waals surface area contributed by atoms with Crippen molar-refractivity contribution in [1.29, 1.82) is 5.26 Å². The van der Waals surface area contributed by atoms with E-state index in [0.29, 0.717) is 25.4 Å². The lowest BCUT2D eigenvalue weighted by molar-refractivity contribution is -0.138. The van der Waals surface area contributed by atoms with Gasteiger partial charge in [0.05, 0.1) is 11.5 Å². The van der Waals surface area contributed by atoms with Gasteiger partial charge in [0.2, 0.25) is 11.8 Å². The van der Waals surface area contributed by atoms with Crippen LogP contribution in [0.25, 0.3) is 0 Å². The summed E-state index contributed by atoms with van der Waals surface area (Å²) in [7, 11) is 0. The second-order valence-corrected chi connectivity index (χ2v) is 9.53. The summed E-state index contributed by atoms with van der Waals surface area (Å²) < 4.78 is 0. The zero-order valence-corrected chi connectivity index (χ0v) is 19.7. The summed E-state index contributed by atoms with van der Waals surface area (Å²) in [6.45, 7) is 9.78. The molecule has 2 amide bonds. The van der Waals surface area contributed by atoms with Gasteiger partial charge in [0.25, 0.3) is 0 Å². The number of hydrogen-bond acceptors (Lipinski definition) is 3. The van der Waals surface area contributed by atoms with E-state index in [1.807, 2.05) is 30.3 Å². The number of nitriles is 1. The van der Waals surface area contributed by atoms with Crippen LogP contribution in [-0.2, 0) is 15.0 Å². The van der Waals surface area contributed by atoms with Crippen molar-refractivity contribution in [2.45, 2.75) is 84.1 Å². The number of hydrogen-bond donors (Lipinski definition) is 1. The first-order valence-corrected chi connectivity index (χ1v) is 11.9. The van der Waals surface area contributed by atoms with Gasteiger partial charge in [-0.1, -0.05) is 64.4 Å². The van der Waals surface area contributed by atoms with Crippen molar-refractivity contribution in [3.8, 4) is 6.07 Å². The molecule has 1 aromatic rings. The van der Waals surface area contributed by atoms with Crippen molar-refractivity contribution < 1.29 is 9.59 Å². The highest BCUT2D eigenvalue weighted by molar-refractivity contribution is 5.88. The Balaban J connectivity index is 1.87. The fourth-order valence-corrected chi connectivity index (χ4v) is 4.51. The Hall–Kier alpha value is -2.35. The van der Waals surface area contributed by atoms with Crippen molar-refractivity contribution in [3.05, 3.63) is 35.9 Å². The number of amides is 2. The number of unbranched alkanes of at least 4 members (excludes halogenated alkanes) is 1. The Kier molecular flexibility index (Phi) is 9.55. The van der Waals surface area contributed by atoms with Crippen LogP contribution in [0.5, 0.6) is 0 Å². The number of nitrogens with one attached hydrogen (secondary N) is 1. The molecule has 0 aliphatic carbocycles. The van der Waals surface area contributed by atoms with Gasteiger partial charge in [-0.3, -0.25) is 9.59 Å². The SMILES string of the molecule is CC(C)CCNC(=O)[C@H]1CCCN1C(=O)CCCC[C@@](C#N)(c1ccccc1)C(C)C. The van der Waals surface area contributed by atoms with Gasteiger partial charge in [0.1, 0.15) is 6.04 Å². The quantitative estimate of drug-likeness (QED) is 0.517. The van der Waals surface area contributed by atoms with Crippen LogP contribution in [0, 0.1) is 23.2 Å². The summed E-state index contributed by atoms with van der Waals surface area (Å²) in [5, 5.41) is 13.0. The summed E-state index contributed by atoms with van der Waals surface area (Å²) in [6.07, 6.45) is 5.29. The van der Waals surface area contributed by atoms with E-state index in [4.69, 9.17) is 0 Å². The highest BCUT2D eigenvalue weighted by atomic mass is 16.2. The predicted octanol–water partition coefficient (Wildman–Crippen LogP) is 4.82. The number of rotatable bonds is 11. The van der Waals surface area contributed by atoms with E-state index in [0.717, 1.165) is 44.1 Å². The van der Waals surface area contributed by atoms with Crippen LogP contribution >= 0.6 is 0 Å². The van der Waals surface area contributed by atoms with Gasteiger partial charge < -0.3 is 10.2 Å². The normalized spacial score (nSPS) is 18.1. The van der Waals surface area contributed by atoms with E-state index in [2.05, 4.69) is 39.1 Å². The van der Waals surface area contributed by atoms with Crippen molar-refractivity contribution in [1.82, 2.24) is 10.2 Å².